The summed E-state index contributed by atoms with van der Waals surface area (Å²) in [6.45, 7) is 0. The Morgan fingerprint density at radius 2 is 1.52 bits per heavy atom. The number of amides is 2. The zero-order valence-electron chi connectivity index (χ0n) is 13.9. The highest BCUT2D eigenvalue weighted by molar-refractivity contribution is 7.92. The second kappa shape index (κ2) is 8.07. The molecule has 0 radical (unpaired) electrons. The molecule has 0 saturated heterocycles. The molecule has 0 aliphatic carbocycles. The van der Waals surface area contributed by atoms with E-state index in [1.165, 1.54) is 24.4 Å². The van der Waals surface area contributed by atoms with Crippen molar-refractivity contribution >= 4 is 44.7 Å². The van der Waals surface area contributed by atoms with Crippen LogP contribution in [0, 0.1) is 0 Å². The predicted molar refractivity (Wildman–Crippen MR) is 106 cm³/mol. The van der Waals surface area contributed by atoms with Crippen molar-refractivity contribution in [1.82, 2.24) is 4.98 Å². The molecule has 1 heterocycles. The van der Waals surface area contributed by atoms with Crippen molar-refractivity contribution in [3.63, 3.8) is 0 Å². The van der Waals surface area contributed by atoms with E-state index in [4.69, 9.17) is 11.6 Å². The zero-order valence-corrected chi connectivity index (χ0v) is 15.5. The summed E-state index contributed by atoms with van der Waals surface area (Å²) in [7, 11) is -3.91. The third kappa shape index (κ3) is 4.96. The summed E-state index contributed by atoms with van der Waals surface area (Å²) < 4.78 is 27.3. The summed E-state index contributed by atoms with van der Waals surface area (Å²) in [5, 5.41) is 5.20. The maximum Gasteiger partial charge on any atom is 0.323 e. The average molecular weight is 403 g/mol. The number of urea groups is 1. The molecule has 0 spiro atoms. The molecule has 0 fully saturated rings. The molecule has 0 aliphatic rings. The van der Waals surface area contributed by atoms with E-state index < -0.39 is 16.1 Å². The highest BCUT2D eigenvalue weighted by Gasteiger charge is 2.18. The Morgan fingerprint density at radius 3 is 2.26 bits per heavy atom. The van der Waals surface area contributed by atoms with Crippen LogP contribution in [-0.2, 0) is 10.0 Å². The lowest BCUT2D eigenvalue weighted by atomic mass is 10.3. The molecule has 138 valence electrons. The molecule has 0 unspecified atom stereocenters. The fourth-order valence-electron chi connectivity index (χ4n) is 2.26. The molecule has 27 heavy (non-hydrogen) atoms. The van der Waals surface area contributed by atoms with Gasteiger partial charge in [-0.05, 0) is 42.5 Å². The van der Waals surface area contributed by atoms with Crippen LogP contribution in [-0.4, -0.2) is 19.4 Å². The molecule has 3 N–H and O–H groups in total. The van der Waals surface area contributed by atoms with Gasteiger partial charge in [0.05, 0.1) is 5.69 Å². The number of para-hydroxylation sites is 1. The van der Waals surface area contributed by atoms with Crippen molar-refractivity contribution in [2.24, 2.45) is 0 Å². The third-order valence-corrected chi connectivity index (χ3v) is 5.24. The lowest BCUT2D eigenvalue weighted by Gasteiger charge is -2.11. The Hall–Kier alpha value is -3.10. The summed E-state index contributed by atoms with van der Waals surface area (Å²) in [6.07, 6.45) is 1.40. The number of carbonyl (C=O) groups excluding carboxylic acids is 1. The van der Waals surface area contributed by atoms with Crippen molar-refractivity contribution in [3.05, 3.63) is 78.1 Å². The van der Waals surface area contributed by atoms with Crippen LogP contribution >= 0.6 is 11.6 Å². The molecule has 0 saturated carbocycles. The van der Waals surface area contributed by atoms with Gasteiger partial charge in [-0.25, -0.2) is 18.2 Å². The van der Waals surface area contributed by atoms with Crippen LogP contribution in [0.2, 0.25) is 5.15 Å². The van der Waals surface area contributed by atoms with Crippen LogP contribution in [0.1, 0.15) is 0 Å². The summed E-state index contributed by atoms with van der Waals surface area (Å²) in [5.41, 5.74) is 1.33. The molecule has 0 atom stereocenters. The first-order chi connectivity index (χ1) is 12.9. The van der Waals surface area contributed by atoms with E-state index in [9.17, 15) is 13.2 Å². The van der Waals surface area contributed by atoms with E-state index in [2.05, 4.69) is 20.3 Å². The second-order valence-electron chi connectivity index (χ2n) is 5.42. The van der Waals surface area contributed by atoms with Gasteiger partial charge in [-0.2, -0.15) is 0 Å². The minimum atomic E-state index is -3.91. The maximum atomic E-state index is 12.5. The van der Waals surface area contributed by atoms with Gasteiger partial charge in [0.1, 0.15) is 10.0 Å². The van der Waals surface area contributed by atoms with Gasteiger partial charge < -0.3 is 10.6 Å². The lowest BCUT2D eigenvalue weighted by Crippen LogP contribution is -2.19. The fraction of sp³-hybridized carbons (Fsp3) is 0. The van der Waals surface area contributed by atoms with Crippen molar-refractivity contribution in [3.8, 4) is 0 Å². The topological polar surface area (TPSA) is 100 Å². The van der Waals surface area contributed by atoms with Gasteiger partial charge in [-0.1, -0.05) is 35.9 Å². The van der Waals surface area contributed by atoms with Crippen LogP contribution in [0.25, 0.3) is 0 Å². The standard InChI is InChI=1S/C18H15ClN4O3S/c19-17-16(10-5-11-20-17)27(25,26)23-15-9-4-8-14(12-15)22-18(24)21-13-6-2-1-3-7-13/h1-12,23H,(H2,21,22,24). The molecule has 2 aromatic carbocycles. The molecule has 3 rings (SSSR count). The number of rotatable bonds is 5. The average Bonchev–Trinajstić information content (AvgIpc) is 2.62. The van der Waals surface area contributed by atoms with Crippen molar-refractivity contribution in [2.75, 3.05) is 15.4 Å². The molecule has 0 aliphatic heterocycles. The van der Waals surface area contributed by atoms with Gasteiger partial charge in [0.15, 0.2) is 0 Å². The first-order valence-corrected chi connectivity index (χ1v) is 9.67. The lowest BCUT2D eigenvalue weighted by molar-refractivity contribution is 0.262. The van der Waals surface area contributed by atoms with Crippen LogP contribution in [0.4, 0.5) is 21.9 Å². The van der Waals surface area contributed by atoms with E-state index in [0.717, 1.165) is 0 Å². The number of nitrogens with zero attached hydrogens (tertiary/aromatic N) is 1. The van der Waals surface area contributed by atoms with Gasteiger partial charge in [0.25, 0.3) is 10.0 Å². The number of hydrogen-bond acceptors (Lipinski definition) is 4. The van der Waals surface area contributed by atoms with Crippen LogP contribution in [0.5, 0.6) is 0 Å². The minimum absolute atomic E-state index is 0.124. The fourth-order valence-corrected chi connectivity index (χ4v) is 3.76. The number of nitrogens with one attached hydrogen (secondary N) is 3. The first kappa shape index (κ1) is 18.7. The number of hydrogen-bond donors (Lipinski definition) is 3. The van der Waals surface area contributed by atoms with Gasteiger partial charge in [-0.3, -0.25) is 4.72 Å². The highest BCUT2D eigenvalue weighted by atomic mass is 35.5. The van der Waals surface area contributed by atoms with E-state index in [1.807, 2.05) is 6.07 Å². The number of sulfonamides is 1. The summed E-state index contributed by atoms with van der Waals surface area (Å²) in [5.74, 6) is 0. The van der Waals surface area contributed by atoms with E-state index in [1.54, 1.807) is 42.5 Å². The number of carbonyl (C=O) groups is 1. The molecule has 2 amide bonds. The third-order valence-electron chi connectivity index (χ3n) is 3.42. The first-order valence-electron chi connectivity index (χ1n) is 7.80. The van der Waals surface area contributed by atoms with Crippen LogP contribution in [0.15, 0.2) is 77.8 Å². The van der Waals surface area contributed by atoms with Crippen LogP contribution in [0.3, 0.4) is 0 Å². The smallest absolute Gasteiger partial charge is 0.308 e. The zero-order chi connectivity index (χ0) is 19.3. The van der Waals surface area contributed by atoms with E-state index in [0.29, 0.717) is 11.4 Å². The van der Waals surface area contributed by atoms with Gasteiger partial charge >= 0.3 is 6.03 Å². The Kier molecular flexibility index (Phi) is 5.58. The van der Waals surface area contributed by atoms with Gasteiger partial charge in [-0.15, -0.1) is 0 Å². The predicted octanol–water partition coefficient (Wildman–Crippen LogP) is 4.18. The van der Waals surface area contributed by atoms with E-state index in [-0.39, 0.29) is 15.7 Å². The second-order valence-corrected chi connectivity index (χ2v) is 7.43. The Labute approximate surface area is 161 Å². The SMILES string of the molecule is O=C(Nc1ccccc1)Nc1cccc(NS(=O)(=O)c2cccnc2Cl)c1. The Balaban J connectivity index is 1.72. The summed E-state index contributed by atoms with van der Waals surface area (Å²) in [6, 6.07) is 17.6. The van der Waals surface area contributed by atoms with Crippen molar-refractivity contribution in [1.29, 1.82) is 0 Å². The largest absolute Gasteiger partial charge is 0.323 e. The Morgan fingerprint density at radius 1 is 0.852 bits per heavy atom. The number of aromatic nitrogens is 1. The molecular formula is C18H15ClN4O3S. The molecule has 7 nitrogen and oxygen atoms in total. The molecule has 0 bridgehead atoms. The molecular weight excluding hydrogens is 388 g/mol. The number of anilines is 3. The monoisotopic (exact) mass is 402 g/mol. The maximum absolute atomic E-state index is 12.5. The highest BCUT2D eigenvalue weighted by Crippen LogP contribution is 2.23. The summed E-state index contributed by atoms with van der Waals surface area (Å²) >= 11 is 5.86. The van der Waals surface area contributed by atoms with Gasteiger partial charge in [0.2, 0.25) is 0 Å². The van der Waals surface area contributed by atoms with Crippen molar-refractivity contribution in [2.45, 2.75) is 4.90 Å². The molecule has 3 aromatic rings. The van der Waals surface area contributed by atoms with Gasteiger partial charge in [0, 0.05) is 17.6 Å². The molecule has 9 heteroatoms. The molecule has 1 aromatic heterocycles. The number of pyridine rings is 1. The van der Waals surface area contributed by atoms with E-state index >= 15 is 0 Å². The quantitative estimate of drug-likeness (QED) is 0.557. The van der Waals surface area contributed by atoms with Crippen molar-refractivity contribution < 1.29 is 13.2 Å². The number of halogens is 1. The normalized spacial score (nSPS) is 10.9. The Bertz CT molecular complexity index is 1060. The van der Waals surface area contributed by atoms with Crippen LogP contribution < -0.4 is 15.4 Å². The summed E-state index contributed by atoms with van der Waals surface area (Å²) in [4.78, 5) is 15.7. The minimum Gasteiger partial charge on any atom is -0.308 e. The number of benzene rings is 2.